The maximum Gasteiger partial charge on any atom is 0.0522 e. The molecule has 0 aromatic carbocycles. The third-order valence-corrected chi connectivity index (χ3v) is 0.544. The Balaban J connectivity index is 0. The molecule has 0 atom stereocenters. The fourth-order valence-electron chi connectivity index (χ4n) is 0.544. The predicted octanol–water partition coefficient (Wildman–Crippen LogP) is 1.82. The molecule has 0 aromatic rings. The number of rotatable bonds is 2. The zero-order chi connectivity index (χ0) is 5.86. The molecule has 1 radical (unpaired) electrons. The number of hydrogen-bond donors (Lipinski definition) is 0. The molecule has 0 aromatic heterocycles. The average molecular weight is 294 g/mol. The summed E-state index contributed by atoms with van der Waals surface area (Å²) in [6, 6.07) is 0. The summed E-state index contributed by atoms with van der Waals surface area (Å²) in [6.07, 6.45) is 0.750. The van der Waals surface area contributed by atoms with E-state index < -0.39 is 0 Å². The van der Waals surface area contributed by atoms with E-state index >= 15 is 0 Å². The standard InChI is InChI=1S/C6H14O.Ir/c1-5(2)7-6(3)4;/h5-6H,1-4H3;. The quantitative estimate of drug-likeness (QED) is 0.755. The van der Waals surface area contributed by atoms with E-state index in [4.69, 9.17) is 4.74 Å². The predicted molar refractivity (Wildman–Crippen MR) is 31.4 cm³/mol. The van der Waals surface area contributed by atoms with Crippen LogP contribution in [0.1, 0.15) is 27.7 Å². The van der Waals surface area contributed by atoms with Crippen LogP contribution >= 0.6 is 0 Å². The van der Waals surface area contributed by atoms with Crippen LogP contribution < -0.4 is 0 Å². The van der Waals surface area contributed by atoms with Gasteiger partial charge < -0.3 is 4.74 Å². The topological polar surface area (TPSA) is 9.23 Å². The first kappa shape index (κ1) is 11.4. The maximum absolute atomic E-state index is 5.25. The van der Waals surface area contributed by atoms with E-state index in [0.29, 0.717) is 12.2 Å². The minimum absolute atomic E-state index is 0. The summed E-state index contributed by atoms with van der Waals surface area (Å²) < 4.78 is 5.25. The normalized spacial score (nSPS) is 9.75. The molecule has 1 nitrogen and oxygen atoms in total. The van der Waals surface area contributed by atoms with Crippen LogP contribution in [0.15, 0.2) is 0 Å². The molecule has 0 unspecified atom stereocenters. The second kappa shape index (κ2) is 5.74. The Labute approximate surface area is 65.2 Å². The van der Waals surface area contributed by atoms with E-state index in [1.165, 1.54) is 0 Å². The molecule has 0 saturated heterocycles. The molecule has 0 spiro atoms. The summed E-state index contributed by atoms with van der Waals surface area (Å²) in [5.74, 6) is 0. The summed E-state index contributed by atoms with van der Waals surface area (Å²) in [4.78, 5) is 0. The van der Waals surface area contributed by atoms with E-state index in [9.17, 15) is 0 Å². The van der Waals surface area contributed by atoms with Crippen molar-refractivity contribution >= 4 is 0 Å². The van der Waals surface area contributed by atoms with Crippen molar-refractivity contribution in [2.75, 3.05) is 0 Å². The van der Waals surface area contributed by atoms with Gasteiger partial charge in [0.25, 0.3) is 0 Å². The molecule has 0 saturated carbocycles. The molecule has 0 aliphatic carbocycles. The molecule has 0 aliphatic rings. The Morgan fingerprint density at radius 2 is 1.12 bits per heavy atom. The van der Waals surface area contributed by atoms with E-state index in [-0.39, 0.29) is 20.1 Å². The minimum atomic E-state index is 0. The molecule has 8 heavy (non-hydrogen) atoms. The van der Waals surface area contributed by atoms with Gasteiger partial charge >= 0.3 is 0 Å². The molecule has 0 rings (SSSR count). The van der Waals surface area contributed by atoms with Crippen LogP contribution in [0.4, 0.5) is 0 Å². The zero-order valence-electron chi connectivity index (χ0n) is 5.90. The first-order chi connectivity index (χ1) is 3.13. The van der Waals surface area contributed by atoms with Crippen molar-refractivity contribution in [1.29, 1.82) is 0 Å². The van der Waals surface area contributed by atoms with Gasteiger partial charge in [-0.3, -0.25) is 0 Å². The van der Waals surface area contributed by atoms with Crippen molar-refractivity contribution in [3.05, 3.63) is 0 Å². The van der Waals surface area contributed by atoms with Crippen molar-refractivity contribution < 1.29 is 24.8 Å². The van der Waals surface area contributed by atoms with Crippen LogP contribution in [-0.4, -0.2) is 12.2 Å². The number of ether oxygens (including phenoxy) is 1. The van der Waals surface area contributed by atoms with Crippen LogP contribution in [0.3, 0.4) is 0 Å². The van der Waals surface area contributed by atoms with Crippen molar-refractivity contribution in [2.45, 2.75) is 39.9 Å². The Bertz CT molecular complexity index is 37.8. The largest absolute Gasteiger partial charge is 0.376 e. The summed E-state index contributed by atoms with van der Waals surface area (Å²) >= 11 is 0. The van der Waals surface area contributed by atoms with Crippen LogP contribution in [0.2, 0.25) is 0 Å². The zero-order valence-corrected chi connectivity index (χ0v) is 8.29. The summed E-state index contributed by atoms with van der Waals surface area (Å²) in [5.41, 5.74) is 0. The SMILES string of the molecule is CC(C)OC(C)C.[Ir]. The summed E-state index contributed by atoms with van der Waals surface area (Å²) in [6.45, 7) is 8.17. The molecule has 0 aliphatic heterocycles. The third-order valence-electron chi connectivity index (χ3n) is 0.544. The van der Waals surface area contributed by atoms with Crippen LogP contribution in [0.25, 0.3) is 0 Å². The van der Waals surface area contributed by atoms with Crippen LogP contribution in [0, 0.1) is 0 Å². The third kappa shape index (κ3) is 9.79. The van der Waals surface area contributed by atoms with E-state index in [0.717, 1.165) is 0 Å². The van der Waals surface area contributed by atoms with Crippen LogP contribution in [0.5, 0.6) is 0 Å². The molecular weight excluding hydrogens is 280 g/mol. The fraction of sp³-hybridized carbons (Fsp3) is 1.00. The van der Waals surface area contributed by atoms with Crippen molar-refractivity contribution in [3.63, 3.8) is 0 Å². The molecule has 2 heteroatoms. The molecule has 0 heterocycles. The molecular formula is C6H14IrO. The average Bonchev–Trinajstić information content (AvgIpc) is 1.27. The molecule has 53 valence electrons. The van der Waals surface area contributed by atoms with Gasteiger partial charge in [0, 0.05) is 20.1 Å². The smallest absolute Gasteiger partial charge is 0.0522 e. The molecule has 0 fully saturated rings. The van der Waals surface area contributed by atoms with Crippen molar-refractivity contribution in [3.8, 4) is 0 Å². The monoisotopic (exact) mass is 295 g/mol. The van der Waals surface area contributed by atoms with Gasteiger partial charge in [-0.25, -0.2) is 0 Å². The first-order valence-corrected chi connectivity index (χ1v) is 2.78. The molecule has 0 bridgehead atoms. The van der Waals surface area contributed by atoms with Gasteiger partial charge in [0.1, 0.15) is 0 Å². The van der Waals surface area contributed by atoms with Gasteiger partial charge in [0.05, 0.1) is 12.2 Å². The molecule has 0 amide bonds. The van der Waals surface area contributed by atoms with Gasteiger partial charge in [-0.2, -0.15) is 0 Å². The number of hydrogen-bond acceptors (Lipinski definition) is 1. The summed E-state index contributed by atoms with van der Waals surface area (Å²) in [5, 5.41) is 0. The second-order valence-electron chi connectivity index (χ2n) is 2.23. The Morgan fingerprint density at radius 3 is 1.12 bits per heavy atom. The van der Waals surface area contributed by atoms with E-state index in [1.54, 1.807) is 0 Å². The van der Waals surface area contributed by atoms with Crippen molar-refractivity contribution in [2.24, 2.45) is 0 Å². The Hall–Kier alpha value is 0.609. The Kier molecular flexibility index (Phi) is 8.19. The minimum Gasteiger partial charge on any atom is -0.376 e. The van der Waals surface area contributed by atoms with Crippen molar-refractivity contribution in [1.82, 2.24) is 0 Å². The van der Waals surface area contributed by atoms with E-state index in [1.807, 2.05) is 27.7 Å². The van der Waals surface area contributed by atoms with Gasteiger partial charge in [-0.15, -0.1) is 0 Å². The Morgan fingerprint density at radius 1 is 0.875 bits per heavy atom. The van der Waals surface area contributed by atoms with Gasteiger partial charge in [-0.1, -0.05) is 0 Å². The first-order valence-electron chi connectivity index (χ1n) is 2.78. The van der Waals surface area contributed by atoms with Gasteiger partial charge in [0.15, 0.2) is 0 Å². The van der Waals surface area contributed by atoms with E-state index in [2.05, 4.69) is 0 Å². The summed E-state index contributed by atoms with van der Waals surface area (Å²) in [7, 11) is 0. The second-order valence-corrected chi connectivity index (χ2v) is 2.23. The fourth-order valence-corrected chi connectivity index (χ4v) is 0.544. The molecule has 0 N–H and O–H groups in total. The van der Waals surface area contributed by atoms with Crippen LogP contribution in [-0.2, 0) is 24.8 Å². The maximum atomic E-state index is 5.25. The van der Waals surface area contributed by atoms with Gasteiger partial charge in [0.2, 0.25) is 0 Å². The van der Waals surface area contributed by atoms with Gasteiger partial charge in [-0.05, 0) is 27.7 Å².